The van der Waals surface area contributed by atoms with Crippen molar-refractivity contribution >= 4 is 29.5 Å². The third-order valence-corrected chi connectivity index (χ3v) is 7.43. The molecule has 0 saturated carbocycles. The Balaban J connectivity index is 1.99. The number of nitrogens with one attached hydrogen (secondary N) is 1. The van der Waals surface area contributed by atoms with Crippen molar-refractivity contribution in [1.29, 1.82) is 0 Å². The molecule has 0 aromatic carbocycles. The van der Waals surface area contributed by atoms with Crippen molar-refractivity contribution in [3.63, 3.8) is 0 Å². The third-order valence-electron chi connectivity index (χ3n) is 3.23. The molecule has 1 fully saturated rings. The van der Waals surface area contributed by atoms with E-state index in [1.54, 1.807) is 0 Å². The van der Waals surface area contributed by atoms with Crippen molar-refractivity contribution in [2.45, 2.75) is 24.9 Å². The standard InChI is InChI=1S/C10H17N2O13P3/c1-26(16,24-27(17,18)19)25-28(20,21)22-5-7-6(13)4-9(23-7)12-3-2-8(14)11-10(12)15/h2-3,6-7,9,13,16H,1,4-5H2,(H,20,21)(H,11,14,15)(H2,17,18,19)/t6-,7+,9+,26-/m0/s1. The van der Waals surface area contributed by atoms with Gasteiger partial charge in [-0.15, -0.1) is 0 Å². The molecule has 0 radical (unpaired) electrons. The van der Waals surface area contributed by atoms with Gasteiger partial charge < -0.3 is 29.4 Å². The number of hydrogen-bond acceptors (Lipinski definition) is 10. The van der Waals surface area contributed by atoms with E-state index >= 15 is 0 Å². The lowest BCUT2D eigenvalue weighted by Gasteiger charge is -2.22. The van der Waals surface area contributed by atoms with Gasteiger partial charge >= 0.3 is 21.3 Å². The van der Waals surface area contributed by atoms with Crippen molar-refractivity contribution in [2.24, 2.45) is 0 Å². The molecule has 0 bridgehead atoms. The topological polar surface area (TPSA) is 227 Å². The van der Waals surface area contributed by atoms with Crippen molar-refractivity contribution in [1.82, 2.24) is 9.55 Å². The van der Waals surface area contributed by atoms with E-state index in [0.717, 1.165) is 16.8 Å². The lowest BCUT2D eigenvalue weighted by Crippen LogP contribution is -2.31. The van der Waals surface area contributed by atoms with Crippen LogP contribution in [0.25, 0.3) is 0 Å². The van der Waals surface area contributed by atoms with Crippen molar-refractivity contribution in [2.75, 3.05) is 6.61 Å². The lowest BCUT2D eigenvalue weighted by atomic mass is 10.2. The van der Waals surface area contributed by atoms with Crippen LogP contribution in [0.1, 0.15) is 12.6 Å². The summed E-state index contributed by atoms with van der Waals surface area (Å²) in [7, 11) is -15.1. The highest BCUT2D eigenvalue weighted by Crippen LogP contribution is 2.66. The lowest BCUT2D eigenvalue weighted by molar-refractivity contribution is -0.0448. The molecule has 6 N–H and O–H groups in total. The predicted octanol–water partition coefficient (Wildman–Crippen LogP) is -1.39. The van der Waals surface area contributed by atoms with Crippen molar-refractivity contribution in [3.8, 4) is 0 Å². The number of aliphatic hydroxyl groups is 1. The van der Waals surface area contributed by atoms with E-state index < -0.39 is 59.5 Å². The van der Waals surface area contributed by atoms with Gasteiger partial charge in [-0.1, -0.05) is 0 Å². The van der Waals surface area contributed by atoms with E-state index in [2.05, 4.69) is 19.4 Å². The first-order valence-corrected chi connectivity index (χ1v) is 12.0. The first-order valence-electron chi connectivity index (χ1n) is 7.24. The summed E-state index contributed by atoms with van der Waals surface area (Å²) >= 11 is 0. The monoisotopic (exact) mass is 466 g/mol. The summed E-state index contributed by atoms with van der Waals surface area (Å²) in [4.78, 5) is 61.0. The molecule has 1 aromatic rings. The molecule has 28 heavy (non-hydrogen) atoms. The molecule has 1 aliphatic rings. The molecule has 1 aromatic heterocycles. The Bertz CT molecular complexity index is 966. The minimum Gasteiger partial charge on any atom is -0.390 e. The van der Waals surface area contributed by atoms with Gasteiger partial charge in [-0.2, -0.15) is 0 Å². The molecule has 160 valence electrons. The highest BCUT2D eigenvalue weighted by atomic mass is 31.3. The second-order valence-corrected chi connectivity index (χ2v) is 10.3. The fourth-order valence-electron chi connectivity index (χ4n) is 2.22. The normalized spacial score (nSPS) is 27.2. The largest absolute Gasteiger partial charge is 0.478 e. The van der Waals surface area contributed by atoms with E-state index in [0.29, 0.717) is 0 Å². The zero-order valence-electron chi connectivity index (χ0n) is 13.8. The third kappa shape index (κ3) is 6.85. The molecule has 2 rings (SSSR count). The molecule has 1 aliphatic heterocycles. The molecule has 0 amide bonds. The van der Waals surface area contributed by atoms with E-state index in [1.165, 1.54) is 0 Å². The molecule has 1 unspecified atom stereocenters. The Morgan fingerprint density at radius 1 is 1.25 bits per heavy atom. The first kappa shape index (κ1) is 23.4. The summed E-state index contributed by atoms with van der Waals surface area (Å²) in [5.74, 6) is 0. The van der Waals surface area contributed by atoms with Crippen LogP contribution in [0.15, 0.2) is 21.9 Å². The van der Waals surface area contributed by atoms with Gasteiger partial charge in [0, 0.05) is 18.7 Å². The number of H-pyrrole nitrogens is 1. The molecule has 5 atom stereocenters. The number of aromatic nitrogens is 2. The number of hydrogen-bond donors (Lipinski definition) is 6. The van der Waals surface area contributed by atoms with E-state index in [4.69, 9.17) is 14.5 Å². The molecular weight excluding hydrogens is 449 g/mol. The number of aromatic amines is 1. The quantitative estimate of drug-likeness (QED) is 0.243. The second kappa shape index (κ2) is 8.44. The van der Waals surface area contributed by atoms with Crippen LogP contribution in [0.3, 0.4) is 0 Å². The molecule has 15 nitrogen and oxygen atoms in total. The van der Waals surface area contributed by atoms with Crippen LogP contribution in [-0.2, 0) is 27.0 Å². The first-order chi connectivity index (χ1) is 12.7. The zero-order chi connectivity index (χ0) is 21.3. The van der Waals surface area contributed by atoms with Crippen LogP contribution < -0.4 is 11.2 Å². The highest BCUT2D eigenvalue weighted by Gasteiger charge is 2.39. The SMILES string of the molecule is C=[P@](O)(OP(=O)(O)O)OP(=O)(O)OC[C@H]1O[C@@H](n2ccc(=O)[nH]c2=O)C[C@@H]1O. The summed E-state index contributed by atoms with van der Waals surface area (Å²) in [5, 5.41) is 9.96. The maximum atomic E-state index is 11.8. The minimum atomic E-state index is -5.27. The van der Waals surface area contributed by atoms with Gasteiger partial charge in [0.15, 0.2) is 0 Å². The number of phosphoric ester groups is 1. The molecule has 18 heteroatoms. The van der Waals surface area contributed by atoms with E-state index in [9.17, 15) is 33.6 Å². The molecule has 1 saturated heterocycles. The van der Waals surface area contributed by atoms with Crippen molar-refractivity contribution < 1.29 is 51.7 Å². The summed E-state index contributed by atoms with van der Waals surface area (Å²) in [6.07, 6.45) is 0.312. The van der Waals surface area contributed by atoms with Gasteiger partial charge in [0.25, 0.3) is 13.1 Å². The summed E-state index contributed by atoms with van der Waals surface area (Å²) in [6.45, 7) is -0.764. The molecule has 2 heterocycles. The van der Waals surface area contributed by atoms with E-state index in [-0.39, 0.29) is 6.42 Å². The van der Waals surface area contributed by atoms with Crippen LogP contribution in [-0.4, -0.2) is 59.3 Å². The van der Waals surface area contributed by atoms with Gasteiger partial charge in [-0.25, -0.2) is 22.5 Å². The number of ether oxygens (including phenoxy) is 1. The average molecular weight is 466 g/mol. The predicted molar refractivity (Wildman–Crippen MR) is 92.1 cm³/mol. The Morgan fingerprint density at radius 2 is 1.89 bits per heavy atom. The maximum absolute atomic E-state index is 11.8. The number of rotatable bonds is 8. The van der Waals surface area contributed by atoms with Crippen LogP contribution in [0.5, 0.6) is 0 Å². The Labute approximate surface area is 156 Å². The van der Waals surface area contributed by atoms with Gasteiger partial charge in [-0.3, -0.25) is 18.9 Å². The summed E-state index contributed by atoms with van der Waals surface area (Å²) in [6, 6.07) is 1.05. The highest BCUT2D eigenvalue weighted by molar-refractivity contribution is 7.72. The number of nitrogens with zero attached hydrogens (tertiary/aromatic N) is 1. The maximum Gasteiger partial charge on any atom is 0.478 e. The van der Waals surface area contributed by atoms with Crippen LogP contribution in [0.2, 0.25) is 0 Å². The Morgan fingerprint density at radius 3 is 2.46 bits per heavy atom. The summed E-state index contributed by atoms with van der Waals surface area (Å²) in [5.41, 5.74) is -1.44. The number of phosphoric acid groups is 2. The van der Waals surface area contributed by atoms with Crippen LogP contribution >= 0.6 is 23.2 Å². The fraction of sp³-hybridized carbons (Fsp3) is 0.500. The van der Waals surface area contributed by atoms with Gasteiger partial charge in [0.05, 0.1) is 12.7 Å². The molecule has 0 spiro atoms. The number of aliphatic hydroxyl groups excluding tert-OH is 1. The zero-order valence-corrected chi connectivity index (χ0v) is 16.5. The smallest absolute Gasteiger partial charge is 0.390 e. The molecular formula is C10H17N2O13P3. The molecule has 0 aliphatic carbocycles. The average Bonchev–Trinajstić information content (AvgIpc) is 2.82. The van der Waals surface area contributed by atoms with Crippen LogP contribution in [0, 0.1) is 0 Å². The fourth-order valence-corrected chi connectivity index (χ4v) is 5.75. The minimum absolute atomic E-state index is 0.121. The second-order valence-electron chi connectivity index (χ2n) is 5.51. The van der Waals surface area contributed by atoms with Gasteiger partial charge in [0.1, 0.15) is 12.3 Å². The Kier molecular flexibility index (Phi) is 7.04. The Hall–Kier alpha value is -0.920. The van der Waals surface area contributed by atoms with Crippen LogP contribution in [0.4, 0.5) is 0 Å². The van der Waals surface area contributed by atoms with Gasteiger partial charge in [0.2, 0.25) is 0 Å². The van der Waals surface area contributed by atoms with E-state index in [1.807, 2.05) is 4.98 Å². The summed E-state index contributed by atoms with van der Waals surface area (Å²) < 4.78 is 41.2. The van der Waals surface area contributed by atoms with Crippen molar-refractivity contribution in [3.05, 3.63) is 33.1 Å². The van der Waals surface area contributed by atoms with Gasteiger partial charge in [-0.05, 0) is 6.30 Å².